The SMILES string of the molecule is COc1nc(Nc2ccc(F)cc2Cl)ncc1Br. The quantitative estimate of drug-likeness (QED) is 0.929. The van der Waals surface area contributed by atoms with Crippen molar-refractivity contribution < 1.29 is 9.13 Å². The molecule has 2 aromatic rings. The zero-order valence-electron chi connectivity index (χ0n) is 9.25. The Balaban J connectivity index is 2.28. The van der Waals surface area contributed by atoms with Gasteiger partial charge in [-0.15, -0.1) is 0 Å². The summed E-state index contributed by atoms with van der Waals surface area (Å²) in [6.45, 7) is 0. The third-order valence-electron chi connectivity index (χ3n) is 2.08. The molecule has 0 aliphatic rings. The second-order valence-corrected chi connectivity index (χ2v) is 4.56. The molecule has 1 N–H and O–H groups in total. The minimum absolute atomic E-state index is 0.250. The molecule has 0 unspecified atom stereocenters. The number of nitrogens with one attached hydrogen (secondary N) is 1. The summed E-state index contributed by atoms with van der Waals surface area (Å²) >= 11 is 9.13. The Hall–Kier alpha value is -1.40. The molecule has 18 heavy (non-hydrogen) atoms. The maximum absolute atomic E-state index is 12.9. The molecule has 0 atom stereocenters. The first kappa shape index (κ1) is 13.0. The lowest BCUT2D eigenvalue weighted by atomic mass is 10.3. The number of methoxy groups -OCH3 is 1. The van der Waals surface area contributed by atoms with Gasteiger partial charge in [-0.2, -0.15) is 4.98 Å². The van der Waals surface area contributed by atoms with Gasteiger partial charge in [0.25, 0.3) is 0 Å². The van der Waals surface area contributed by atoms with Crippen LogP contribution in [0.25, 0.3) is 0 Å². The van der Waals surface area contributed by atoms with E-state index >= 15 is 0 Å². The van der Waals surface area contributed by atoms with Crippen molar-refractivity contribution in [3.63, 3.8) is 0 Å². The lowest BCUT2D eigenvalue weighted by Crippen LogP contribution is -2.00. The molecule has 1 aromatic heterocycles. The molecule has 1 heterocycles. The van der Waals surface area contributed by atoms with Crippen molar-refractivity contribution in [3.05, 3.63) is 39.7 Å². The van der Waals surface area contributed by atoms with Crippen LogP contribution in [0.3, 0.4) is 0 Å². The Labute approximate surface area is 116 Å². The lowest BCUT2D eigenvalue weighted by molar-refractivity contribution is 0.394. The number of halogens is 3. The molecule has 0 saturated heterocycles. The van der Waals surface area contributed by atoms with Crippen LogP contribution in [0.2, 0.25) is 5.02 Å². The first-order valence-corrected chi connectivity index (χ1v) is 6.06. The molecule has 0 aliphatic carbocycles. The summed E-state index contributed by atoms with van der Waals surface area (Å²) in [5, 5.41) is 3.13. The summed E-state index contributed by atoms with van der Waals surface area (Å²) in [5.41, 5.74) is 0.516. The van der Waals surface area contributed by atoms with E-state index in [1.54, 1.807) is 6.20 Å². The van der Waals surface area contributed by atoms with Crippen LogP contribution in [0.5, 0.6) is 5.88 Å². The van der Waals surface area contributed by atoms with Crippen LogP contribution in [0, 0.1) is 5.82 Å². The Bertz CT molecular complexity index is 582. The van der Waals surface area contributed by atoms with Gasteiger partial charge in [-0.3, -0.25) is 0 Å². The number of rotatable bonds is 3. The van der Waals surface area contributed by atoms with Gasteiger partial charge in [0.1, 0.15) is 5.82 Å². The number of ether oxygens (including phenoxy) is 1. The standard InChI is InChI=1S/C11H8BrClFN3O/c1-18-10-7(12)5-15-11(17-10)16-9-3-2-6(14)4-8(9)13/h2-5H,1H3,(H,15,16,17). The molecule has 0 bridgehead atoms. The molecule has 0 fully saturated rings. The van der Waals surface area contributed by atoms with Gasteiger partial charge < -0.3 is 10.1 Å². The zero-order valence-corrected chi connectivity index (χ0v) is 11.6. The molecule has 0 spiro atoms. The van der Waals surface area contributed by atoms with E-state index in [9.17, 15) is 4.39 Å². The highest BCUT2D eigenvalue weighted by molar-refractivity contribution is 9.10. The molecule has 94 valence electrons. The van der Waals surface area contributed by atoms with E-state index in [-0.39, 0.29) is 5.02 Å². The fourth-order valence-corrected chi connectivity index (χ4v) is 1.83. The Kier molecular flexibility index (Phi) is 3.98. The topological polar surface area (TPSA) is 47.0 Å². The molecule has 7 heteroatoms. The Morgan fingerprint density at radius 2 is 2.22 bits per heavy atom. The van der Waals surface area contributed by atoms with E-state index < -0.39 is 5.82 Å². The lowest BCUT2D eigenvalue weighted by Gasteiger charge is -2.08. The predicted octanol–water partition coefficient (Wildman–Crippen LogP) is 3.78. The van der Waals surface area contributed by atoms with Crippen LogP contribution in [0.4, 0.5) is 16.0 Å². The summed E-state index contributed by atoms with van der Waals surface area (Å²) in [6, 6.07) is 4.01. The molecule has 0 saturated carbocycles. The zero-order chi connectivity index (χ0) is 13.1. The Morgan fingerprint density at radius 3 is 2.89 bits per heavy atom. The normalized spacial score (nSPS) is 10.2. The van der Waals surface area contributed by atoms with Gasteiger partial charge in [0.05, 0.1) is 28.5 Å². The fourth-order valence-electron chi connectivity index (χ4n) is 1.27. The largest absolute Gasteiger partial charge is 0.480 e. The van der Waals surface area contributed by atoms with Crippen molar-refractivity contribution in [1.82, 2.24) is 9.97 Å². The molecule has 0 aliphatic heterocycles. The summed E-state index contributed by atoms with van der Waals surface area (Å²) in [4.78, 5) is 8.15. The van der Waals surface area contributed by atoms with Crippen LogP contribution >= 0.6 is 27.5 Å². The summed E-state index contributed by atoms with van der Waals surface area (Å²) in [6.07, 6.45) is 1.55. The van der Waals surface area contributed by atoms with Crippen molar-refractivity contribution in [2.75, 3.05) is 12.4 Å². The van der Waals surface area contributed by atoms with Crippen molar-refractivity contribution in [3.8, 4) is 5.88 Å². The monoisotopic (exact) mass is 331 g/mol. The van der Waals surface area contributed by atoms with E-state index in [0.29, 0.717) is 22.0 Å². The maximum atomic E-state index is 12.9. The summed E-state index contributed by atoms with van der Waals surface area (Å²) < 4.78 is 18.6. The average molecular weight is 333 g/mol. The second-order valence-electron chi connectivity index (χ2n) is 3.30. The van der Waals surface area contributed by atoms with E-state index in [4.69, 9.17) is 16.3 Å². The van der Waals surface area contributed by atoms with Gasteiger partial charge in [-0.25, -0.2) is 9.37 Å². The first-order chi connectivity index (χ1) is 8.60. The van der Waals surface area contributed by atoms with Crippen molar-refractivity contribution in [1.29, 1.82) is 0 Å². The van der Waals surface area contributed by atoms with Gasteiger partial charge >= 0.3 is 0 Å². The van der Waals surface area contributed by atoms with Gasteiger partial charge in [-0.05, 0) is 34.1 Å². The van der Waals surface area contributed by atoms with Gasteiger partial charge in [0, 0.05) is 0 Å². The number of aromatic nitrogens is 2. The molecule has 2 rings (SSSR count). The van der Waals surface area contributed by atoms with E-state index in [0.717, 1.165) is 0 Å². The first-order valence-electron chi connectivity index (χ1n) is 4.89. The minimum Gasteiger partial charge on any atom is -0.480 e. The van der Waals surface area contributed by atoms with E-state index in [1.807, 2.05) is 0 Å². The summed E-state index contributed by atoms with van der Waals surface area (Å²) in [5.74, 6) is 0.300. The molecule has 4 nitrogen and oxygen atoms in total. The molecule has 0 radical (unpaired) electrons. The maximum Gasteiger partial charge on any atom is 0.232 e. The second kappa shape index (κ2) is 5.49. The molecular weight excluding hydrogens is 324 g/mol. The Morgan fingerprint density at radius 1 is 1.44 bits per heavy atom. The molecule has 0 amide bonds. The van der Waals surface area contributed by atoms with Crippen LogP contribution < -0.4 is 10.1 Å². The van der Waals surface area contributed by atoms with Gasteiger partial charge in [0.2, 0.25) is 11.8 Å². The van der Waals surface area contributed by atoms with Crippen LogP contribution in [0.1, 0.15) is 0 Å². The number of hydrogen-bond acceptors (Lipinski definition) is 4. The van der Waals surface area contributed by atoms with Crippen molar-refractivity contribution in [2.45, 2.75) is 0 Å². The van der Waals surface area contributed by atoms with Crippen molar-refractivity contribution in [2.24, 2.45) is 0 Å². The smallest absolute Gasteiger partial charge is 0.232 e. The van der Waals surface area contributed by atoms with Crippen molar-refractivity contribution >= 4 is 39.2 Å². The number of benzene rings is 1. The number of hydrogen-bond donors (Lipinski definition) is 1. The fraction of sp³-hybridized carbons (Fsp3) is 0.0909. The molecule has 1 aromatic carbocycles. The predicted molar refractivity (Wildman–Crippen MR) is 71.0 cm³/mol. The highest BCUT2D eigenvalue weighted by atomic mass is 79.9. The highest BCUT2D eigenvalue weighted by Crippen LogP contribution is 2.27. The third-order valence-corrected chi connectivity index (χ3v) is 2.94. The average Bonchev–Trinajstić information content (AvgIpc) is 2.35. The number of nitrogens with zero attached hydrogens (tertiary/aromatic N) is 2. The third kappa shape index (κ3) is 2.88. The van der Waals surface area contributed by atoms with E-state index in [2.05, 4.69) is 31.2 Å². The van der Waals surface area contributed by atoms with Crippen LogP contribution in [-0.4, -0.2) is 17.1 Å². The summed E-state index contributed by atoms with van der Waals surface area (Å²) in [7, 11) is 1.50. The van der Waals surface area contributed by atoms with Gasteiger partial charge in [-0.1, -0.05) is 11.6 Å². The molecular formula is C11H8BrClFN3O. The number of anilines is 2. The highest BCUT2D eigenvalue weighted by Gasteiger charge is 2.07. The minimum atomic E-state index is -0.403. The van der Waals surface area contributed by atoms with Crippen LogP contribution in [0.15, 0.2) is 28.9 Å². The van der Waals surface area contributed by atoms with Gasteiger partial charge in [0.15, 0.2) is 0 Å². The van der Waals surface area contributed by atoms with Crippen LogP contribution in [-0.2, 0) is 0 Å². The van der Waals surface area contributed by atoms with E-state index in [1.165, 1.54) is 25.3 Å².